The molecule has 0 unspecified atom stereocenters. The smallest absolute Gasteiger partial charge is 0.292 e. The van der Waals surface area contributed by atoms with E-state index in [-0.39, 0.29) is 35.8 Å². The van der Waals surface area contributed by atoms with Crippen molar-refractivity contribution in [3.8, 4) is 11.3 Å². The Morgan fingerprint density at radius 3 is 2.50 bits per heavy atom. The lowest BCUT2D eigenvalue weighted by atomic mass is 10.1. The third kappa shape index (κ3) is 4.67. The maximum absolute atomic E-state index is 12.1. The molecule has 1 heterocycles. The van der Waals surface area contributed by atoms with Gasteiger partial charge < -0.3 is 5.32 Å². The van der Waals surface area contributed by atoms with Crippen molar-refractivity contribution >= 4 is 17.3 Å². The van der Waals surface area contributed by atoms with E-state index in [1.807, 2.05) is 30.3 Å². The summed E-state index contributed by atoms with van der Waals surface area (Å²) >= 11 is 0. The number of carbonyl (C=O) groups is 1. The first-order valence-corrected chi connectivity index (χ1v) is 8.71. The van der Waals surface area contributed by atoms with E-state index in [0.717, 1.165) is 5.56 Å². The Labute approximate surface area is 160 Å². The highest BCUT2D eigenvalue weighted by atomic mass is 16.6. The number of aromatic nitrogens is 2. The van der Waals surface area contributed by atoms with Crippen LogP contribution in [0.4, 0.5) is 11.4 Å². The van der Waals surface area contributed by atoms with Gasteiger partial charge in [0, 0.05) is 30.7 Å². The molecule has 2 aromatic carbocycles. The Balaban J connectivity index is 1.62. The third-order valence-electron chi connectivity index (χ3n) is 4.08. The summed E-state index contributed by atoms with van der Waals surface area (Å²) in [6, 6.07) is 18.5. The molecule has 8 nitrogen and oxygen atoms in total. The molecule has 8 heteroatoms. The number of nitrogens with zero attached hydrogens (tertiary/aromatic N) is 3. The summed E-state index contributed by atoms with van der Waals surface area (Å²) in [5, 5.41) is 17.9. The highest BCUT2D eigenvalue weighted by Gasteiger charge is 2.14. The van der Waals surface area contributed by atoms with Gasteiger partial charge in [-0.2, -0.15) is 5.10 Å². The predicted molar refractivity (Wildman–Crippen MR) is 105 cm³/mol. The molecule has 1 aromatic heterocycles. The van der Waals surface area contributed by atoms with E-state index >= 15 is 0 Å². The van der Waals surface area contributed by atoms with Crippen LogP contribution >= 0.6 is 0 Å². The molecule has 0 fully saturated rings. The fraction of sp³-hybridized carbons (Fsp3) is 0.150. The molecule has 142 valence electrons. The molecule has 0 atom stereocenters. The third-order valence-corrected chi connectivity index (χ3v) is 4.08. The summed E-state index contributed by atoms with van der Waals surface area (Å²) in [4.78, 5) is 34.6. The number of nitro groups is 1. The fourth-order valence-electron chi connectivity index (χ4n) is 2.71. The second-order valence-electron chi connectivity index (χ2n) is 6.07. The molecule has 0 bridgehead atoms. The van der Waals surface area contributed by atoms with Crippen molar-refractivity contribution in [3.05, 3.63) is 87.2 Å². The number of nitrogens with one attached hydrogen (secondary N) is 1. The molecule has 3 rings (SSSR count). The van der Waals surface area contributed by atoms with Crippen LogP contribution in [0.1, 0.15) is 12.8 Å². The van der Waals surface area contributed by atoms with Gasteiger partial charge in [0.1, 0.15) is 5.69 Å². The van der Waals surface area contributed by atoms with Gasteiger partial charge >= 0.3 is 0 Å². The Kier molecular flexibility index (Phi) is 5.91. The van der Waals surface area contributed by atoms with Gasteiger partial charge in [0.25, 0.3) is 11.2 Å². The van der Waals surface area contributed by atoms with E-state index in [0.29, 0.717) is 12.1 Å². The SMILES string of the molecule is O=C(CCCn1nc(-c2ccccc2)ccc1=O)Nc1ccccc1[N+](=O)[O-]. The number of para-hydroxylation sites is 2. The Morgan fingerprint density at radius 1 is 1.04 bits per heavy atom. The van der Waals surface area contributed by atoms with Crippen molar-refractivity contribution in [2.45, 2.75) is 19.4 Å². The van der Waals surface area contributed by atoms with Gasteiger partial charge in [-0.3, -0.25) is 19.7 Å². The highest BCUT2D eigenvalue weighted by molar-refractivity contribution is 5.92. The molecule has 3 aromatic rings. The molecule has 0 spiro atoms. The maximum Gasteiger partial charge on any atom is 0.292 e. The van der Waals surface area contributed by atoms with Crippen LogP contribution < -0.4 is 10.9 Å². The summed E-state index contributed by atoms with van der Waals surface area (Å²) < 4.78 is 1.32. The monoisotopic (exact) mass is 378 g/mol. The van der Waals surface area contributed by atoms with Gasteiger partial charge in [0.15, 0.2) is 0 Å². The fourth-order valence-corrected chi connectivity index (χ4v) is 2.71. The minimum atomic E-state index is -0.547. The second-order valence-corrected chi connectivity index (χ2v) is 6.07. The van der Waals surface area contributed by atoms with E-state index in [4.69, 9.17) is 0 Å². The number of anilines is 1. The molecule has 1 amide bonds. The van der Waals surface area contributed by atoms with E-state index in [9.17, 15) is 19.7 Å². The molecule has 0 radical (unpaired) electrons. The summed E-state index contributed by atoms with van der Waals surface area (Å²) in [7, 11) is 0. The lowest BCUT2D eigenvalue weighted by Gasteiger charge is -2.08. The van der Waals surface area contributed by atoms with Crippen LogP contribution in [0.25, 0.3) is 11.3 Å². The minimum absolute atomic E-state index is 0.107. The first-order valence-electron chi connectivity index (χ1n) is 8.71. The molecule has 0 aliphatic rings. The van der Waals surface area contributed by atoms with Crippen LogP contribution in [0.15, 0.2) is 71.5 Å². The van der Waals surface area contributed by atoms with Crippen molar-refractivity contribution in [1.29, 1.82) is 0 Å². The lowest BCUT2D eigenvalue weighted by molar-refractivity contribution is -0.383. The van der Waals surface area contributed by atoms with Gasteiger partial charge in [-0.25, -0.2) is 4.68 Å². The normalized spacial score (nSPS) is 10.4. The second kappa shape index (κ2) is 8.72. The first kappa shape index (κ1) is 19.0. The van der Waals surface area contributed by atoms with Crippen molar-refractivity contribution in [2.75, 3.05) is 5.32 Å². The maximum atomic E-state index is 12.1. The van der Waals surface area contributed by atoms with Crippen LogP contribution in [-0.4, -0.2) is 20.6 Å². The summed E-state index contributed by atoms with van der Waals surface area (Å²) in [5.41, 5.74) is 1.30. The predicted octanol–water partition coefficient (Wildman–Crippen LogP) is 3.24. The largest absolute Gasteiger partial charge is 0.320 e. The van der Waals surface area contributed by atoms with Crippen LogP contribution in [0.5, 0.6) is 0 Å². The van der Waals surface area contributed by atoms with Gasteiger partial charge in [0.2, 0.25) is 5.91 Å². The molecule has 0 aliphatic heterocycles. The summed E-state index contributed by atoms with van der Waals surface area (Å²) in [6.45, 7) is 0.268. The van der Waals surface area contributed by atoms with Gasteiger partial charge in [-0.1, -0.05) is 42.5 Å². The van der Waals surface area contributed by atoms with Crippen molar-refractivity contribution < 1.29 is 9.72 Å². The number of nitro benzene ring substituents is 1. The molecule has 0 saturated carbocycles. The zero-order chi connectivity index (χ0) is 19.9. The lowest BCUT2D eigenvalue weighted by Crippen LogP contribution is -2.23. The number of amides is 1. The van der Waals surface area contributed by atoms with Crippen LogP contribution in [-0.2, 0) is 11.3 Å². The molecular formula is C20H18N4O4. The molecule has 0 aliphatic carbocycles. The Morgan fingerprint density at radius 2 is 1.75 bits per heavy atom. The van der Waals surface area contributed by atoms with E-state index in [2.05, 4.69) is 10.4 Å². The standard InChI is InChI=1S/C20H18N4O4/c25-19(21-17-9-4-5-10-18(17)24(27)28)11-6-14-23-20(26)13-12-16(22-23)15-7-2-1-3-8-15/h1-5,7-10,12-13H,6,11,14H2,(H,21,25). The molecular weight excluding hydrogens is 360 g/mol. The van der Waals surface area contributed by atoms with Gasteiger partial charge in [0.05, 0.1) is 10.6 Å². The summed E-state index contributed by atoms with van der Waals surface area (Å²) in [5.74, 6) is -0.360. The Bertz CT molecular complexity index is 1050. The molecule has 0 saturated heterocycles. The van der Waals surface area contributed by atoms with Crippen molar-refractivity contribution in [2.24, 2.45) is 0 Å². The number of benzene rings is 2. The van der Waals surface area contributed by atoms with Gasteiger partial charge in [-0.15, -0.1) is 0 Å². The van der Waals surface area contributed by atoms with E-state index in [1.165, 1.54) is 28.9 Å². The Hall–Kier alpha value is -3.81. The van der Waals surface area contributed by atoms with Crippen LogP contribution in [0.3, 0.4) is 0 Å². The van der Waals surface area contributed by atoms with Crippen molar-refractivity contribution in [3.63, 3.8) is 0 Å². The first-order chi connectivity index (χ1) is 13.5. The number of carbonyl (C=O) groups excluding carboxylic acids is 1. The highest BCUT2D eigenvalue weighted by Crippen LogP contribution is 2.23. The summed E-state index contributed by atoms with van der Waals surface area (Å²) in [6.07, 6.45) is 0.480. The van der Waals surface area contributed by atoms with E-state index in [1.54, 1.807) is 12.1 Å². The topological polar surface area (TPSA) is 107 Å². The number of rotatable bonds is 7. The minimum Gasteiger partial charge on any atom is -0.320 e. The quantitative estimate of drug-likeness (QED) is 0.502. The number of aryl methyl sites for hydroxylation is 1. The zero-order valence-corrected chi connectivity index (χ0v) is 14.9. The molecule has 28 heavy (non-hydrogen) atoms. The average molecular weight is 378 g/mol. The van der Waals surface area contributed by atoms with Crippen LogP contribution in [0, 0.1) is 10.1 Å². The molecule has 1 N–H and O–H groups in total. The average Bonchev–Trinajstić information content (AvgIpc) is 2.70. The number of hydrogen-bond donors (Lipinski definition) is 1. The van der Waals surface area contributed by atoms with Gasteiger partial charge in [-0.05, 0) is 18.6 Å². The zero-order valence-electron chi connectivity index (χ0n) is 14.9. The van der Waals surface area contributed by atoms with Crippen molar-refractivity contribution in [1.82, 2.24) is 9.78 Å². The number of hydrogen-bond acceptors (Lipinski definition) is 5. The van der Waals surface area contributed by atoms with E-state index < -0.39 is 4.92 Å². The van der Waals surface area contributed by atoms with Crippen LogP contribution in [0.2, 0.25) is 0 Å².